The number of aliphatic hydroxyl groups excluding tert-OH is 1. The van der Waals surface area contributed by atoms with E-state index in [1.165, 1.54) is 12.1 Å². The van der Waals surface area contributed by atoms with Gasteiger partial charge in [0.25, 0.3) is 0 Å². The Hall–Kier alpha value is -1.13. The van der Waals surface area contributed by atoms with Crippen molar-refractivity contribution in [3.05, 3.63) is 29.6 Å². The van der Waals surface area contributed by atoms with Crippen LogP contribution in [-0.4, -0.2) is 34.7 Å². The number of likely N-dealkylation sites (tertiary alicyclic amines) is 1. The van der Waals surface area contributed by atoms with Gasteiger partial charge in [0, 0.05) is 37.2 Å². The van der Waals surface area contributed by atoms with Gasteiger partial charge in [-0.2, -0.15) is 0 Å². The largest absolute Gasteiger partial charge is 0.487 e. The Morgan fingerprint density at radius 1 is 1.35 bits per heavy atom. The molecule has 1 N–H and O–H groups in total. The van der Waals surface area contributed by atoms with E-state index in [-0.39, 0.29) is 11.4 Å². The van der Waals surface area contributed by atoms with E-state index in [9.17, 15) is 9.50 Å². The van der Waals surface area contributed by atoms with Gasteiger partial charge in [-0.15, -0.1) is 0 Å². The summed E-state index contributed by atoms with van der Waals surface area (Å²) in [5, 5.41) is 10.3. The molecule has 1 spiro atoms. The molecule has 0 aromatic heterocycles. The van der Waals surface area contributed by atoms with Crippen LogP contribution in [0.3, 0.4) is 0 Å². The van der Waals surface area contributed by atoms with E-state index in [2.05, 4.69) is 18.7 Å². The van der Waals surface area contributed by atoms with Crippen molar-refractivity contribution in [2.75, 3.05) is 13.1 Å². The number of hydrogen-bond donors (Lipinski definition) is 1. The smallest absolute Gasteiger partial charge is 0.128 e. The highest BCUT2D eigenvalue weighted by Crippen LogP contribution is 2.44. The minimum atomic E-state index is -0.551. The molecule has 1 aromatic rings. The first-order valence-corrected chi connectivity index (χ1v) is 7.40. The van der Waals surface area contributed by atoms with E-state index in [1.807, 2.05) is 0 Å². The van der Waals surface area contributed by atoms with Crippen LogP contribution in [0.1, 0.15) is 44.8 Å². The third-order valence-corrected chi connectivity index (χ3v) is 4.67. The van der Waals surface area contributed by atoms with Crippen LogP contribution in [0.15, 0.2) is 18.2 Å². The van der Waals surface area contributed by atoms with Crippen LogP contribution in [0.2, 0.25) is 0 Å². The Morgan fingerprint density at radius 2 is 2.05 bits per heavy atom. The normalized spacial score (nSPS) is 25.6. The standard InChI is InChI=1S/C16H22FNO2/c1-11(2)18-7-5-16(6-8-18)10-14(19)13-4-3-12(17)9-15(13)20-16/h3-4,9,11,14,19H,5-8,10H2,1-2H3/t14-/m0/s1. The number of nitrogens with zero attached hydrogens (tertiary/aromatic N) is 1. The van der Waals surface area contributed by atoms with E-state index in [0.29, 0.717) is 23.8 Å². The molecule has 0 aliphatic carbocycles. The fourth-order valence-electron chi connectivity index (χ4n) is 3.36. The second-order valence-corrected chi connectivity index (χ2v) is 6.32. The number of aliphatic hydroxyl groups is 1. The fraction of sp³-hybridized carbons (Fsp3) is 0.625. The number of ether oxygens (including phenoxy) is 1. The zero-order chi connectivity index (χ0) is 14.3. The van der Waals surface area contributed by atoms with Gasteiger partial charge in [0.15, 0.2) is 0 Å². The Morgan fingerprint density at radius 3 is 2.70 bits per heavy atom. The zero-order valence-electron chi connectivity index (χ0n) is 12.1. The molecule has 4 heteroatoms. The monoisotopic (exact) mass is 279 g/mol. The second kappa shape index (κ2) is 5.01. The van der Waals surface area contributed by atoms with Crippen molar-refractivity contribution < 1.29 is 14.2 Å². The highest BCUT2D eigenvalue weighted by atomic mass is 19.1. The molecule has 0 unspecified atom stereocenters. The van der Waals surface area contributed by atoms with Crippen LogP contribution in [0.5, 0.6) is 5.75 Å². The van der Waals surface area contributed by atoms with Crippen LogP contribution >= 0.6 is 0 Å². The summed E-state index contributed by atoms with van der Waals surface area (Å²) in [5.74, 6) is 0.203. The van der Waals surface area contributed by atoms with Gasteiger partial charge in [-0.25, -0.2) is 4.39 Å². The van der Waals surface area contributed by atoms with Crippen molar-refractivity contribution >= 4 is 0 Å². The van der Waals surface area contributed by atoms with Crippen molar-refractivity contribution in [3.8, 4) is 5.75 Å². The molecule has 0 amide bonds. The molecule has 1 atom stereocenters. The lowest BCUT2D eigenvalue weighted by Crippen LogP contribution is -2.51. The molecule has 2 heterocycles. The Kier molecular flexibility index (Phi) is 3.46. The summed E-state index contributed by atoms with van der Waals surface area (Å²) in [5.41, 5.74) is 0.384. The molecule has 20 heavy (non-hydrogen) atoms. The predicted molar refractivity (Wildman–Crippen MR) is 75.3 cm³/mol. The van der Waals surface area contributed by atoms with Crippen LogP contribution in [0, 0.1) is 5.82 Å². The number of hydrogen-bond acceptors (Lipinski definition) is 3. The number of fused-ring (bicyclic) bond motifs is 1. The Labute approximate surface area is 119 Å². The summed E-state index contributed by atoms with van der Waals surface area (Å²) in [4.78, 5) is 2.42. The molecule has 2 aliphatic heterocycles. The van der Waals surface area contributed by atoms with Gasteiger partial charge < -0.3 is 14.7 Å². The number of halogens is 1. The van der Waals surface area contributed by atoms with E-state index in [0.717, 1.165) is 25.9 Å². The summed E-state index contributed by atoms with van der Waals surface area (Å²) in [6.07, 6.45) is 1.83. The van der Waals surface area contributed by atoms with Crippen LogP contribution in [0.25, 0.3) is 0 Å². The highest BCUT2D eigenvalue weighted by Gasteiger charge is 2.43. The number of benzene rings is 1. The summed E-state index contributed by atoms with van der Waals surface area (Å²) in [6.45, 7) is 6.32. The average molecular weight is 279 g/mol. The van der Waals surface area contributed by atoms with Gasteiger partial charge in [-0.1, -0.05) is 0 Å². The van der Waals surface area contributed by atoms with Crippen molar-refractivity contribution in [3.63, 3.8) is 0 Å². The van der Waals surface area contributed by atoms with Gasteiger partial charge in [0.1, 0.15) is 17.2 Å². The molecule has 3 rings (SSSR count). The molecule has 3 nitrogen and oxygen atoms in total. The van der Waals surface area contributed by atoms with E-state index in [4.69, 9.17) is 4.74 Å². The van der Waals surface area contributed by atoms with E-state index >= 15 is 0 Å². The van der Waals surface area contributed by atoms with Gasteiger partial charge in [-0.3, -0.25) is 0 Å². The number of rotatable bonds is 1. The average Bonchev–Trinajstić information content (AvgIpc) is 2.38. The Balaban J connectivity index is 1.81. The van der Waals surface area contributed by atoms with E-state index in [1.54, 1.807) is 6.07 Å². The molecule has 2 aliphatic rings. The molecular formula is C16H22FNO2. The summed E-state index contributed by atoms with van der Waals surface area (Å²) in [7, 11) is 0. The fourth-order valence-corrected chi connectivity index (χ4v) is 3.36. The van der Waals surface area contributed by atoms with E-state index < -0.39 is 6.10 Å². The lowest BCUT2D eigenvalue weighted by Gasteiger charge is -2.46. The minimum absolute atomic E-state index is 0.312. The first-order valence-electron chi connectivity index (χ1n) is 7.40. The molecule has 1 aromatic carbocycles. The van der Waals surface area contributed by atoms with Crippen molar-refractivity contribution in [2.45, 2.75) is 50.9 Å². The topological polar surface area (TPSA) is 32.7 Å². The molecular weight excluding hydrogens is 257 g/mol. The number of piperidine rings is 1. The van der Waals surface area contributed by atoms with Crippen LogP contribution in [0.4, 0.5) is 4.39 Å². The maximum absolute atomic E-state index is 13.4. The minimum Gasteiger partial charge on any atom is -0.487 e. The maximum Gasteiger partial charge on any atom is 0.128 e. The first kappa shape index (κ1) is 13.8. The second-order valence-electron chi connectivity index (χ2n) is 6.32. The third kappa shape index (κ3) is 2.42. The summed E-state index contributed by atoms with van der Waals surface area (Å²) in [6, 6.07) is 4.94. The van der Waals surface area contributed by atoms with Gasteiger partial charge in [0.05, 0.1) is 6.10 Å². The molecule has 0 radical (unpaired) electrons. The van der Waals surface area contributed by atoms with Gasteiger partial charge in [-0.05, 0) is 38.8 Å². The van der Waals surface area contributed by atoms with Crippen LogP contribution in [-0.2, 0) is 0 Å². The van der Waals surface area contributed by atoms with Crippen molar-refractivity contribution in [1.82, 2.24) is 4.90 Å². The molecule has 1 saturated heterocycles. The molecule has 0 bridgehead atoms. The van der Waals surface area contributed by atoms with Crippen molar-refractivity contribution in [2.24, 2.45) is 0 Å². The van der Waals surface area contributed by atoms with Gasteiger partial charge >= 0.3 is 0 Å². The van der Waals surface area contributed by atoms with Crippen molar-refractivity contribution in [1.29, 1.82) is 0 Å². The Bertz CT molecular complexity index is 495. The van der Waals surface area contributed by atoms with Gasteiger partial charge in [0.2, 0.25) is 0 Å². The zero-order valence-corrected chi connectivity index (χ0v) is 12.1. The SMILES string of the molecule is CC(C)N1CCC2(CC1)C[C@H](O)c1ccc(F)cc1O2. The predicted octanol–water partition coefficient (Wildman–Crippen LogP) is 2.88. The highest BCUT2D eigenvalue weighted by molar-refractivity contribution is 5.38. The summed E-state index contributed by atoms with van der Waals surface area (Å²) < 4.78 is 19.5. The lowest BCUT2D eigenvalue weighted by molar-refractivity contribution is -0.0581. The quantitative estimate of drug-likeness (QED) is 0.858. The lowest BCUT2D eigenvalue weighted by atomic mass is 9.81. The summed E-state index contributed by atoms with van der Waals surface area (Å²) >= 11 is 0. The third-order valence-electron chi connectivity index (χ3n) is 4.67. The first-order chi connectivity index (χ1) is 9.49. The molecule has 0 saturated carbocycles. The molecule has 1 fully saturated rings. The molecule has 110 valence electrons. The maximum atomic E-state index is 13.4. The van der Waals surface area contributed by atoms with Crippen LogP contribution < -0.4 is 4.74 Å².